The average Bonchev–Trinajstić information content (AvgIpc) is 2.41. The summed E-state index contributed by atoms with van der Waals surface area (Å²) in [5.41, 5.74) is 0. The molecule has 0 aliphatic heterocycles. The fourth-order valence-corrected chi connectivity index (χ4v) is 1.16. The van der Waals surface area contributed by atoms with Gasteiger partial charge in [0.15, 0.2) is 0 Å². The Kier molecular flexibility index (Phi) is 5.38. The Labute approximate surface area is 106 Å². The number of ether oxygens (including phenoxy) is 2. The predicted octanol–water partition coefficient (Wildman–Crippen LogP) is 2.80. The van der Waals surface area contributed by atoms with Gasteiger partial charge in [0, 0.05) is 0 Å². The Hall–Kier alpha value is -2.36. The van der Waals surface area contributed by atoms with Crippen LogP contribution in [0.2, 0.25) is 0 Å². The summed E-state index contributed by atoms with van der Waals surface area (Å²) in [5, 5.41) is 17.6. The third-order valence-corrected chi connectivity index (χ3v) is 2.14. The second-order valence-corrected chi connectivity index (χ2v) is 3.40. The van der Waals surface area contributed by atoms with Crippen molar-refractivity contribution in [3.63, 3.8) is 0 Å². The molecule has 4 nitrogen and oxygen atoms in total. The lowest BCUT2D eigenvalue weighted by Gasteiger charge is -1.96. The van der Waals surface area contributed by atoms with Crippen molar-refractivity contribution in [2.24, 2.45) is 0 Å². The number of rotatable bonds is 2. The van der Waals surface area contributed by atoms with Gasteiger partial charge in [0.2, 0.25) is 0 Å². The number of phenolic OH excluding ortho intramolecular Hbond substituents is 2. The molecule has 0 aliphatic rings. The summed E-state index contributed by atoms with van der Waals surface area (Å²) in [6.45, 7) is 0. The number of phenols is 2. The molecule has 0 radical (unpaired) electrons. The number of methoxy groups -OCH3 is 2. The molecule has 2 aromatic rings. The van der Waals surface area contributed by atoms with Gasteiger partial charge in [-0.3, -0.25) is 0 Å². The van der Waals surface area contributed by atoms with E-state index in [0.29, 0.717) is 0 Å². The van der Waals surface area contributed by atoms with E-state index in [1.165, 1.54) is 0 Å². The van der Waals surface area contributed by atoms with Gasteiger partial charge >= 0.3 is 0 Å². The highest BCUT2D eigenvalue weighted by Crippen LogP contribution is 2.15. The van der Waals surface area contributed by atoms with E-state index in [-0.39, 0.29) is 11.5 Å². The molecule has 0 heterocycles. The highest BCUT2D eigenvalue weighted by Gasteiger charge is 1.88. The molecule has 2 aromatic carbocycles. The van der Waals surface area contributed by atoms with Crippen LogP contribution in [0.15, 0.2) is 48.5 Å². The van der Waals surface area contributed by atoms with Crippen LogP contribution in [0.3, 0.4) is 0 Å². The maximum atomic E-state index is 8.80. The summed E-state index contributed by atoms with van der Waals surface area (Å²) < 4.78 is 9.72. The first-order valence-electron chi connectivity index (χ1n) is 5.31. The summed E-state index contributed by atoms with van der Waals surface area (Å²) in [6.07, 6.45) is 0. The van der Waals surface area contributed by atoms with Crippen molar-refractivity contribution >= 4 is 0 Å². The summed E-state index contributed by atoms with van der Waals surface area (Å²) in [5.74, 6) is 2.03. The van der Waals surface area contributed by atoms with E-state index in [0.717, 1.165) is 11.5 Å². The molecule has 0 amide bonds. The largest absolute Gasteiger partial charge is 0.508 e. The molecule has 0 spiro atoms. The first-order chi connectivity index (χ1) is 8.65. The number of benzene rings is 2. The van der Waals surface area contributed by atoms with Crippen molar-refractivity contribution in [3.8, 4) is 23.0 Å². The minimum absolute atomic E-state index is 0.260. The third kappa shape index (κ3) is 4.65. The second kappa shape index (κ2) is 7.06. The zero-order chi connectivity index (χ0) is 13.4. The van der Waals surface area contributed by atoms with Gasteiger partial charge in [-0.1, -0.05) is 0 Å². The third-order valence-electron chi connectivity index (χ3n) is 2.14. The quantitative estimate of drug-likeness (QED) is 0.858. The SMILES string of the molecule is COc1ccc(O)cc1.COc1ccc(O)cc1. The van der Waals surface area contributed by atoms with Crippen molar-refractivity contribution in [2.75, 3.05) is 14.2 Å². The zero-order valence-corrected chi connectivity index (χ0v) is 10.3. The maximum absolute atomic E-state index is 8.80. The van der Waals surface area contributed by atoms with Crippen molar-refractivity contribution in [3.05, 3.63) is 48.5 Å². The smallest absolute Gasteiger partial charge is 0.119 e. The molecule has 0 saturated heterocycles. The van der Waals surface area contributed by atoms with Gasteiger partial charge in [0.25, 0.3) is 0 Å². The van der Waals surface area contributed by atoms with E-state index < -0.39 is 0 Å². The molecular weight excluding hydrogens is 232 g/mol. The first-order valence-corrected chi connectivity index (χ1v) is 5.31. The Morgan fingerprint density at radius 3 is 1.11 bits per heavy atom. The van der Waals surface area contributed by atoms with E-state index in [2.05, 4.69) is 0 Å². The standard InChI is InChI=1S/2C7H8O2/c2*1-9-7-4-2-6(8)3-5-7/h2*2-5,8H,1H3. The van der Waals surface area contributed by atoms with E-state index in [1.807, 2.05) is 0 Å². The number of aromatic hydroxyl groups is 2. The molecule has 18 heavy (non-hydrogen) atoms. The van der Waals surface area contributed by atoms with E-state index in [1.54, 1.807) is 62.8 Å². The highest BCUT2D eigenvalue weighted by atomic mass is 16.5. The molecule has 0 aromatic heterocycles. The molecule has 0 fully saturated rings. The predicted molar refractivity (Wildman–Crippen MR) is 69.3 cm³/mol. The Balaban J connectivity index is 0.000000180. The van der Waals surface area contributed by atoms with Gasteiger partial charge in [-0.2, -0.15) is 0 Å². The van der Waals surface area contributed by atoms with Crippen LogP contribution >= 0.6 is 0 Å². The molecule has 2 rings (SSSR count). The molecule has 4 heteroatoms. The monoisotopic (exact) mass is 248 g/mol. The summed E-state index contributed by atoms with van der Waals surface area (Å²) in [7, 11) is 3.18. The molecule has 2 N–H and O–H groups in total. The minimum Gasteiger partial charge on any atom is -0.508 e. The van der Waals surface area contributed by atoms with Crippen LogP contribution in [-0.2, 0) is 0 Å². The lowest BCUT2D eigenvalue weighted by atomic mass is 10.3. The molecule has 0 atom stereocenters. The van der Waals surface area contributed by atoms with E-state index in [9.17, 15) is 0 Å². The average molecular weight is 248 g/mol. The van der Waals surface area contributed by atoms with Crippen LogP contribution in [0.1, 0.15) is 0 Å². The summed E-state index contributed by atoms with van der Waals surface area (Å²) in [6, 6.07) is 13.1. The number of hydrogen-bond acceptors (Lipinski definition) is 4. The number of hydrogen-bond donors (Lipinski definition) is 2. The van der Waals surface area contributed by atoms with Crippen LogP contribution in [0, 0.1) is 0 Å². The van der Waals surface area contributed by atoms with E-state index in [4.69, 9.17) is 19.7 Å². The molecule has 0 saturated carbocycles. The van der Waals surface area contributed by atoms with E-state index >= 15 is 0 Å². The summed E-state index contributed by atoms with van der Waals surface area (Å²) in [4.78, 5) is 0. The highest BCUT2D eigenvalue weighted by molar-refractivity contribution is 5.30. The molecule has 0 bridgehead atoms. The fraction of sp³-hybridized carbons (Fsp3) is 0.143. The molecule has 96 valence electrons. The lowest BCUT2D eigenvalue weighted by Crippen LogP contribution is -1.79. The first kappa shape index (κ1) is 13.7. The maximum Gasteiger partial charge on any atom is 0.119 e. The molecule has 0 aliphatic carbocycles. The summed E-state index contributed by atoms with van der Waals surface area (Å²) >= 11 is 0. The Bertz CT molecular complexity index is 403. The van der Waals surface area contributed by atoms with Crippen LogP contribution in [0.25, 0.3) is 0 Å². The van der Waals surface area contributed by atoms with Gasteiger partial charge in [-0.15, -0.1) is 0 Å². The topological polar surface area (TPSA) is 58.9 Å². The normalized spacial score (nSPS) is 9.00. The van der Waals surface area contributed by atoms with Crippen molar-refractivity contribution in [1.29, 1.82) is 0 Å². The van der Waals surface area contributed by atoms with Gasteiger partial charge in [0.05, 0.1) is 14.2 Å². The minimum atomic E-state index is 0.260. The van der Waals surface area contributed by atoms with Crippen LogP contribution < -0.4 is 9.47 Å². The van der Waals surface area contributed by atoms with Crippen LogP contribution in [0.4, 0.5) is 0 Å². The fourth-order valence-electron chi connectivity index (χ4n) is 1.16. The van der Waals surface area contributed by atoms with Gasteiger partial charge in [-0.25, -0.2) is 0 Å². The van der Waals surface area contributed by atoms with Crippen LogP contribution in [0.5, 0.6) is 23.0 Å². The zero-order valence-electron chi connectivity index (χ0n) is 10.3. The van der Waals surface area contributed by atoms with Crippen molar-refractivity contribution in [1.82, 2.24) is 0 Å². The second-order valence-electron chi connectivity index (χ2n) is 3.40. The van der Waals surface area contributed by atoms with Gasteiger partial charge in [-0.05, 0) is 48.5 Å². The Morgan fingerprint density at radius 2 is 0.889 bits per heavy atom. The van der Waals surface area contributed by atoms with Gasteiger partial charge < -0.3 is 19.7 Å². The van der Waals surface area contributed by atoms with Gasteiger partial charge in [0.1, 0.15) is 23.0 Å². The molecular formula is C14H16O4. The lowest BCUT2D eigenvalue weighted by molar-refractivity contribution is 0.412. The van der Waals surface area contributed by atoms with Crippen molar-refractivity contribution < 1.29 is 19.7 Å². The Morgan fingerprint density at radius 1 is 0.611 bits per heavy atom. The molecule has 0 unspecified atom stereocenters. The van der Waals surface area contributed by atoms with Crippen LogP contribution in [-0.4, -0.2) is 24.4 Å². The van der Waals surface area contributed by atoms with Crippen molar-refractivity contribution in [2.45, 2.75) is 0 Å².